The fourth-order valence-corrected chi connectivity index (χ4v) is 2.10. The number of nitriles is 1. The molecule has 1 aromatic carbocycles. The summed E-state index contributed by atoms with van der Waals surface area (Å²) in [6.07, 6.45) is 3.55. The third kappa shape index (κ3) is 2.36. The van der Waals surface area contributed by atoms with Gasteiger partial charge in [-0.05, 0) is 22.6 Å². The summed E-state index contributed by atoms with van der Waals surface area (Å²) in [4.78, 5) is 4.20. The fourth-order valence-electron chi connectivity index (χ4n) is 1.24. The molecule has 0 aliphatic heterocycles. The van der Waals surface area contributed by atoms with Gasteiger partial charge in [0.15, 0.2) is 22.4 Å². The van der Waals surface area contributed by atoms with Crippen LogP contribution < -0.4 is 5.32 Å². The Kier molecular flexibility index (Phi) is 3.91. The molecule has 2 rings (SSSR count). The zero-order valence-corrected chi connectivity index (χ0v) is 11.3. The Morgan fingerprint density at radius 3 is 2.83 bits per heavy atom. The third-order valence-corrected chi connectivity index (χ3v) is 3.14. The van der Waals surface area contributed by atoms with Crippen molar-refractivity contribution in [3.05, 3.63) is 16.1 Å². The fraction of sp³-hybridized carbons (Fsp3) is 0.111. The molecular formula is C9H5Cl2N5OS. The lowest BCUT2D eigenvalue weighted by Gasteiger charge is -2.02. The first-order valence-corrected chi connectivity index (χ1v) is 6.53. The van der Waals surface area contributed by atoms with E-state index in [0.717, 1.165) is 0 Å². The highest BCUT2D eigenvalue weighted by molar-refractivity contribution is 8.13. The number of nitrogens with one attached hydrogen (secondary N) is 1. The van der Waals surface area contributed by atoms with Crippen molar-refractivity contribution in [3.63, 3.8) is 0 Å². The molecule has 1 N–H and O–H groups in total. The highest BCUT2D eigenvalue weighted by atomic mass is 35.5. The van der Waals surface area contributed by atoms with Crippen molar-refractivity contribution in [2.75, 3.05) is 6.26 Å². The Morgan fingerprint density at radius 2 is 2.17 bits per heavy atom. The Hall–Kier alpha value is -1.49. The van der Waals surface area contributed by atoms with E-state index in [0.29, 0.717) is 31.9 Å². The summed E-state index contributed by atoms with van der Waals surface area (Å²) in [6.45, 7) is 0. The van der Waals surface area contributed by atoms with Crippen LogP contribution in [0.15, 0.2) is 15.7 Å². The summed E-state index contributed by atoms with van der Waals surface area (Å²) < 4.78 is 4.61. The molecule has 0 spiro atoms. The van der Waals surface area contributed by atoms with Crippen LogP contribution in [0, 0.1) is 11.5 Å². The SMILES string of the molecule is CSC(=Nc1c(Cl)cc(Cl)c2nonc12)NC#N. The number of hydrogen-bond donors (Lipinski definition) is 1. The van der Waals surface area contributed by atoms with Crippen LogP contribution in [0.25, 0.3) is 11.0 Å². The van der Waals surface area contributed by atoms with Gasteiger partial charge in [0.2, 0.25) is 0 Å². The smallest absolute Gasteiger partial charge is 0.183 e. The number of halogens is 2. The molecule has 18 heavy (non-hydrogen) atoms. The van der Waals surface area contributed by atoms with E-state index in [2.05, 4.69) is 25.3 Å². The maximum Gasteiger partial charge on any atom is 0.183 e. The second-order valence-corrected chi connectivity index (χ2v) is 4.62. The zero-order chi connectivity index (χ0) is 13.1. The highest BCUT2D eigenvalue weighted by Gasteiger charge is 2.15. The summed E-state index contributed by atoms with van der Waals surface area (Å²) in [6, 6.07) is 1.50. The number of nitrogens with zero attached hydrogens (tertiary/aromatic N) is 4. The van der Waals surface area contributed by atoms with E-state index in [1.54, 1.807) is 12.4 Å². The van der Waals surface area contributed by atoms with Gasteiger partial charge in [-0.25, -0.2) is 9.62 Å². The van der Waals surface area contributed by atoms with Gasteiger partial charge in [0.25, 0.3) is 0 Å². The molecule has 0 atom stereocenters. The van der Waals surface area contributed by atoms with Crippen LogP contribution in [-0.4, -0.2) is 21.7 Å². The average Bonchev–Trinajstić information content (AvgIpc) is 2.82. The Morgan fingerprint density at radius 1 is 1.44 bits per heavy atom. The Balaban J connectivity index is 2.64. The van der Waals surface area contributed by atoms with Crippen molar-refractivity contribution in [2.45, 2.75) is 0 Å². The van der Waals surface area contributed by atoms with Crippen molar-refractivity contribution in [2.24, 2.45) is 4.99 Å². The lowest BCUT2D eigenvalue weighted by Crippen LogP contribution is -2.12. The maximum atomic E-state index is 8.58. The molecule has 9 heteroatoms. The molecule has 0 unspecified atom stereocenters. The van der Waals surface area contributed by atoms with E-state index < -0.39 is 0 Å². The van der Waals surface area contributed by atoms with Crippen molar-refractivity contribution in [3.8, 4) is 6.19 Å². The molecule has 0 bridgehead atoms. The lowest BCUT2D eigenvalue weighted by atomic mass is 10.2. The largest absolute Gasteiger partial charge is 0.271 e. The van der Waals surface area contributed by atoms with Gasteiger partial charge >= 0.3 is 0 Å². The van der Waals surface area contributed by atoms with Gasteiger partial charge in [-0.3, -0.25) is 5.32 Å². The number of fused-ring (bicyclic) bond motifs is 1. The average molecular weight is 302 g/mol. The van der Waals surface area contributed by atoms with E-state index in [1.165, 1.54) is 17.8 Å². The molecule has 6 nitrogen and oxygen atoms in total. The summed E-state index contributed by atoms with van der Waals surface area (Å²) >= 11 is 13.2. The van der Waals surface area contributed by atoms with Gasteiger partial charge < -0.3 is 0 Å². The van der Waals surface area contributed by atoms with E-state index in [1.807, 2.05) is 0 Å². The summed E-state index contributed by atoms with van der Waals surface area (Å²) in [7, 11) is 0. The number of hydrogen-bond acceptors (Lipinski definition) is 6. The van der Waals surface area contributed by atoms with Crippen LogP contribution in [0.4, 0.5) is 5.69 Å². The van der Waals surface area contributed by atoms with Crippen LogP contribution in [0.2, 0.25) is 10.0 Å². The lowest BCUT2D eigenvalue weighted by molar-refractivity contribution is 0.315. The quantitative estimate of drug-likeness (QED) is 0.377. The van der Waals surface area contributed by atoms with Crippen molar-refractivity contribution in [1.29, 1.82) is 5.26 Å². The van der Waals surface area contributed by atoms with E-state index in [4.69, 9.17) is 28.5 Å². The minimum absolute atomic E-state index is 0.300. The van der Waals surface area contributed by atoms with Crippen LogP contribution >= 0.6 is 35.0 Å². The highest BCUT2D eigenvalue weighted by Crippen LogP contribution is 2.36. The number of aromatic nitrogens is 2. The first kappa shape index (κ1) is 13.0. The summed E-state index contributed by atoms with van der Waals surface area (Å²) in [5.41, 5.74) is 1.07. The van der Waals surface area contributed by atoms with E-state index >= 15 is 0 Å². The van der Waals surface area contributed by atoms with Crippen LogP contribution in [0.3, 0.4) is 0 Å². The number of benzene rings is 1. The zero-order valence-electron chi connectivity index (χ0n) is 8.94. The third-order valence-electron chi connectivity index (χ3n) is 1.99. The van der Waals surface area contributed by atoms with Gasteiger partial charge in [0.05, 0.1) is 10.0 Å². The molecule has 92 valence electrons. The minimum atomic E-state index is 0.300. The van der Waals surface area contributed by atoms with Gasteiger partial charge in [-0.2, -0.15) is 5.26 Å². The second-order valence-electron chi connectivity index (χ2n) is 3.01. The molecule has 0 radical (unpaired) electrons. The predicted molar refractivity (Wildman–Crippen MR) is 71.2 cm³/mol. The molecule has 0 aliphatic carbocycles. The van der Waals surface area contributed by atoms with Gasteiger partial charge in [0, 0.05) is 0 Å². The van der Waals surface area contributed by atoms with Gasteiger partial charge in [-0.15, -0.1) is 0 Å². The molecule has 0 aliphatic rings. The van der Waals surface area contributed by atoms with E-state index in [-0.39, 0.29) is 0 Å². The van der Waals surface area contributed by atoms with Crippen molar-refractivity contribution < 1.29 is 4.63 Å². The van der Waals surface area contributed by atoms with Crippen molar-refractivity contribution >= 4 is 56.9 Å². The molecule has 0 fully saturated rings. The van der Waals surface area contributed by atoms with Crippen LogP contribution in [0.1, 0.15) is 0 Å². The number of rotatable bonds is 1. The molecule has 0 saturated carbocycles. The molecule has 1 aromatic heterocycles. The van der Waals surface area contributed by atoms with Gasteiger partial charge in [-0.1, -0.05) is 35.0 Å². The van der Waals surface area contributed by atoms with Crippen LogP contribution in [-0.2, 0) is 0 Å². The predicted octanol–water partition coefficient (Wildman–Crippen LogP) is 2.95. The minimum Gasteiger partial charge on any atom is -0.271 e. The molecule has 2 aromatic rings. The molecular weight excluding hydrogens is 297 g/mol. The molecule has 0 saturated heterocycles. The number of amidine groups is 1. The Bertz CT molecular complexity index is 663. The van der Waals surface area contributed by atoms with E-state index in [9.17, 15) is 0 Å². The second kappa shape index (κ2) is 5.44. The standard InChI is InChI=1S/C9H5Cl2N5OS/c1-18-9(13-3-12)14-6-4(10)2-5(11)7-8(6)16-17-15-7/h2H,1H3,(H,13,14). The first-order chi connectivity index (χ1) is 8.67. The van der Waals surface area contributed by atoms with Gasteiger partial charge in [0.1, 0.15) is 5.69 Å². The first-order valence-electron chi connectivity index (χ1n) is 4.55. The molecule has 1 heterocycles. The maximum absolute atomic E-state index is 8.58. The van der Waals surface area contributed by atoms with Crippen molar-refractivity contribution in [1.82, 2.24) is 15.6 Å². The normalized spacial score (nSPS) is 11.6. The molecule has 0 amide bonds. The number of aliphatic imine (C=N–C) groups is 1. The topological polar surface area (TPSA) is 87.1 Å². The monoisotopic (exact) mass is 301 g/mol. The summed E-state index contributed by atoms with van der Waals surface area (Å²) in [5.74, 6) is 0. The Labute approximate surface area is 116 Å². The number of thioether (sulfide) groups is 1. The summed E-state index contributed by atoms with van der Waals surface area (Å²) in [5, 5.41) is 19.4. The van der Waals surface area contributed by atoms with Crippen LogP contribution in [0.5, 0.6) is 0 Å².